The fraction of sp³-hybridized carbons (Fsp3) is 0.353. The first-order valence-electron chi connectivity index (χ1n) is 7.31. The van der Waals surface area contributed by atoms with Crippen molar-refractivity contribution in [2.45, 2.75) is 19.4 Å². The van der Waals surface area contributed by atoms with Gasteiger partial charge in [0.25, 0.3) is 0 Å². The standard InChI is InChI=1S/C17H21NO4S/c1-21-15-8-12(13(11-19)9-16(15)22-2)10-17(20)18-6-5-14-4-3-7-23-14/h3-4,7-9,19H,5-6,10-11H2,1-2H3,(H,18,20). The molecule has 0 spiro atoms. The number of hydrogen-bond donors (Lipinski definition) is 2. The first kappa shape index (κ1) is 17.3. The van der Waals surface area contributed by atoms with Crippen molar-refractivity contribution >= 4 is 17.2 Å². The number of methoxy groups -OCH3 is 2. The van der Waals surface area contributed by atoms with Crippen LogP contribution in [0.15, 0.2) is 29.6 Å². The number of aliphatic hydroxyl groups is 1. The summed E-state index contributed by atoms with van der Waals surface area (Å²) in [5.41, 5.74) is 1.40. The Morgan fingerprint density at radius 2 is 1.91 bits per heavy atom. The molecule has 6 heteroatoms. The normalized spacial score (nSPS) is 10.4. The molecule has 0 radical (unpaired) electrons. The molecule has 124 valence electrons. The van der Waals surface area contributed by atoms with Crippen LogP contribution in [0.3, 0.4) is 0 Å². The zero-order valence-electron chi connectivity index (χ0n) is 13.3. The molecular formula is C17H21NO4S. The summed E-state index contributed by atoms with van der Waals surface area (Å²) in [6, 6.07) is 7.49. The maximum absolute atomic E-state index is 12.1. The molecule has 0 atom stereocenters. The molecule has 0 aliphatic rings. The van der Waals surface area contributed by atoms with Crippen molar-refractivity contribution in [3.05, 3.63) is 45.6 Å². The third-order valence-corrected chi connectivity index (χ3v) is 4.44. The minimum absolute atomic E-state index is 0.0801. The Morgan fingerprint density at radius 1 is 1.22 bits per heavy atom. The van der Waals surface area contributed by atoms with E-state index >= 15 is 0 Å². The highest BCUT2D eigenvalue weighted by Crippen LogP contribution is 2.30. The zero-order chi connectivity index (χ0) is 16.7. The van der Waals surface area contributed by atoms with E-state index in [-0.39, 0.29) is 18.9 Å². The van der Waals surface area contributed by atoms with Crippen molar-refractivity contribution < 1.29 is 19.4 Å². The van der Waals surface area contributed by atoms with Crippen molar-refractivity contribution in [1.29, 1.82) is 0 Å². The maximum atomic E-state index is 12.1. The second kappa shape index (κ2) is 8.55. The van der Waals surface area contributed by atoms with Gasteiger partial charge in [0.2, 0.25) is 5.91 Å². The minimum Gasteiger partial charge on any atom is -0.493 e. The molecule has 1 aromatic carbocycles. The Balaban J connectivity index is 1.98. The highest BCUT2D eigenvalue weighted by molar-refractivity contribution is 7.09. The Morgan fingerprint density at radius 3 is 2.48 bits per heavy atom. The van der Waals surface area contributed by atoms with E-state index in [0.717, 1.165) is 12.0 Å². The molecule has 2 N–H and O–H groups in total. The van der Waals surface area contributed by atoms with Crippen molar-refractivity contribution in [1.82, 2.24) is 5.32 Å². The number of nitrogens with one attached hydrogen (secondary N) is 1. The lowest BCUT2D eigenvalue weighted by Gasteiger charge is -2.13. The summed E-state index contributed by atoms with van der Waals surface area (Å²) in [6.07, 6.45) is 1.02. The van der Waals surface area contributed by atoms with E-state index in [1.165, 1.54) is 12.0 Å². The number of carbonyl (C=O) groups is 1. The summed E-state index contributed by atoms with van der Waals surface area (Å²) in [5.74, 6) is 1.01. The number of aliphatic hydroxyl groups excluding tert-OH is 1. The summed E-state index contributed by atoms with van der Waals surface area (Å²) >= 11 is 1.68. The van der Waals surface area contributed by atoms with Gasteiger partial charge in [-0.1, -0.05) is 6.07 Å². The Kier molecular flexibility index (Phi) is 6.43. The van der Waals surface area contributed by atoms with Crippen LogP contribution >= 0.6 is 11.3 Å². The van der Waals surface area contributed by atoms with Gasteiger partial charge >= 0.3 is 0 Å². The van der Waals surface area contributed by atoms with E-state index in [1.54, 1.807) is 30.6 Å². The second-order valence-corrected chi connectivity index (χ2v) is 6.02. The molecule has 0 saturated carbocycles. The molecule has 23 heavy (non-hydrogen) atoms. The van der Waals surface area contributed by atoms with E-state index in [0.29, 0.717) is 23.6 Å². The monoisotopic (exact) mass is 335 g/mol. The van der Waals surface area contributed by atoms with Crippen LogP contribution in [-0.2, 0) is 24.2 Å². The topological polar surface area (TPSA) is 67.8 Å². The van der Waals surface area contributed by atoms with Gasteiger partial charge in [0.15, 0.2) is 11.5 Å². The largest absolute Gasteiger partial charge is 0.493 e. The lowest BCUT2D eigenvalue weighted by Crippen LogP contribution is -2.27. The molecule has 2 rings (SSSR count). The van der Waals surface area contributed by atoms with Crippen molar-refractivity contribution in [2.24, 2.45) is 0 Å². The number of benzene rings is 1. The fourth-order valence-corrected chi connectivity index (χ4v) is 3.00. The number of hydrogen-bond acceptors (Lipinski definition) is 5. The molecule has 0 unspecified atom stereocenters. The van der Waals surface area contributed by atoms with Gasteiger partial charge in [0, 0.05) is 11.4 Å². The van der Waals surface area contributed by atoms with Crippen molar-refractivity contribution in [3.8, 4) is 11.5 Å². The molecule has 5 nitrogen and oxygen atoms in total. The van der Waals surface area contributed by atoms with Crippen LogP contribution in [0.4, 0.5) is 0 Å². The van der Waals surface area contributed by atoms with Crippen LogP contribution in [0.5, 0.6) is 11.5 Å². The van der Waals surface area contributed by atoms with Gasteiger partial charge < -0.3 is 19.9 Å². The number of carbonyl (C=O) groups excluding carboxylic acids is 1. The van der Waals surface area contributed by atoms with Crippen LogP contribution in [0, 0.1) is 0 Å². The third-order valence-electron chi connectivity index (χ3n) is 3.50. The summed E-state index contributed by atoms with van der Waals surface area (Å²) in [6.45, 7) is 0.444. The Labute approximate surface area is 139 Å². The van der Waals surface area contributed by atoms with Crippen molar-refractivity contribution in [2.75, 3.05) is 20.8 Å². The summed E-state index contributed by atoms with van der Waals surface area (Å²) in [4.78, 5) is 13.3. The predicted molar refractivity (Wildman–Crippen MR) is 90.2 cm³/mol. The van der Waals surface area contributed by atoms with E-state index in [2.05, 4.69) is 11.4 Å². The molecule has 0 fully saturated rings. The summed E-state index contributed by atoms with van der Waals surface area (Å²) < 4.78 is 10.5. The molecule has 0 aliphatic heterocycles. The lowest BCUT2D eigenvalue weighted by molar-refractivity contribution is -0.120. The van der Waals surface area contributed by atoms with Crippen molar-refractivity contribution in [3.63, 3.8) is 0 Å². The predicted octanol–water partition coefficient (Wildman–Crippen LogP) is 2.16. The minimum atomic E-state index is -0.155. The number of ether oxygens (including phenoxy) is 2. The van der Waals surface area contributed by atoms with Crippen LogP contribution in [-0.4, -0.2) is 31.8 Å². The molecular weight excluding hydrogens is 314 g/mol. The Bertz CT molecular complexity index is 640. The highest BCUT2D eigenvalue weighted by atomic mass is 32.1. The third kappa shape index (κ3) is 4.71. The van der Waals surface area contributed by atoms with Crippen LogP contribution < -0.4 is 14.8 Å². The molecule has 1 amide bonds. The van der Waals surface area contributed by atoms with E-state index in [1.807, 2.05) is 11.4 Å². The van der Waals surface area contributed by atoms with Crippen LogP contribution in [0.25, 0.3) is 0 Å². The average Bonchev–Trinajstić information content (AvgIpc) is 3.07. The van der Waals surface area contributed by atoms with Crippen LogP contribution in [0.1, 0.15) is 16.0 Å². The molecule has 0 bridgehead atoms. The Hall–Kier alpha value is -2.05. The fourth-order valence-electron chi connectivity index (χ4n) is 2.29. The van der Waals surface area contributed by atoms with E-state index < -0.39 is 0 Å². The first-order valence-corrected chi connectivity index (χ1v) is 8.19. The number of rotatable bonds is 8. The smallest absolute Gasteiger partial charge is 0.224 e. The highest BCUT2D eigenvalue weighted by Gasteiger charge is 2.13. The van der Waals surface area contributed by atoms with Gasteiger partial charge in [-0.2, -0.15) is 0 Å². The second-order valence-electron chi connectivity index (χ2n) is 4.99. The number of amides is 1. The van der Waals surface area contributed by atoms with Gasteiger partial charge in [-0.3, -0.25) is 4.79 Å². The quantitative estimate of drug-likeness (QED) is 0.776. The molecule has 1 aromatic heterocycles. The lowest BCUT2D eigenvalue weighted by atomic mass is 10.0. The average molecular weight is 335 g/mol. The summed E-state index contributed by atoms with van der Waals surface area (Å²) in [7, 11) is 3.08. The molecule has 0 saturated heterocycles. The molecule has 0 aliphatic carbocycles. The molecule has 1 heterocycles. The zero-order valence-corrected chi connectivity index (χ0v) is 14.1. The first-order chi connectivity index (χ1) is 11.2. The van der Waals surface area contributed by atoms with Gasteiger partial charge in [-0.25, -0.2) is 0 Å². The SMILES string of the molecule is COc1cc(CO)c(CC(=O)NCCc2cccs2)cc1OC. The van der Waals surface area contributed by atoms with Crippen LogP contribution in [0.2, 0.25) is 0 Å². The van der Waals surface area contributed by atoms with Gasteiger partial charge in [0.05, 0.1) is 27.2 Å². The van der Waals surface area contributed by atoms with Gasteiger partial charge in [0.1, 0.15) is 0 Å². The van der Waals surface area contributed by atoms with Gasteiger partial charge in [-0.05, 0) is 41.1 Å². The summed E-state index contributed by atoms with van der Waals surface area (Å²) in [5, 5.41) is 14.4. The molecule has 2 aromatic rings. The van der Waals surface area contributed by atoms with E-state index in [4.69, 9.17) is 9.47 Å². The van der Waals surface area contributed by atoms with Gasteiger partial charge in [-0.15, -0.1) is 11.3 Å². The van der Waals surface area contributed by atoms with E-state index in [9.17, 15) is 9.90 Å². The maximum Gasteiger partial charge on any atom is 0.224 e. The number of thiophene rings is 1.